The molecular weight excluding hydrogens is 386 g/mol. The Kier molecular flexibility index (Phi) is 6.55. The van der Waals surface area contributed by atoms with Gasteiger partial charge in [-0.25, -0.2) is 14.8 Å². The first-order valence-electron chi connectivity index (χ1n) is 8.86. The lowest BCUT2D eigenvalue weighted by molar-refractivity contribution is -0.0524. The molecule has 1 atom stereocenters. The van der Waals surface area contributed by atoms with Crippen LogP contribution < -0.4 is 10.5 Å². The predicted octanol–water partition coefficient (Wildman–Crippen LogP) is 3.57. The molecule has 0 bridgehead atoms. The first-order valence-corrected chi connectivity index (χ1v) is 8.86. The van der Waals surface area contributed by atoms with Crippen molar-refractivity contribution in [3.8, 4) is 17.1 Å². The molecule has 0 aromatic carbocycles. The van der Waals surface area contributed by atoms with Crippen LogP contribution in [0.5, 0.6) is 5.88 Å². The largest absolute Gasteiger partial charge is 0.444 e. The summed E-state index contributed by atoms with van der Waals surface area (Å²) in [7, 11) is 0. The summed E-state index contributed by atoms with van der Waals surface area (Å²) in [6, 6.07) is 3.02. The number of aryl methyl sites for hydroxylation is 1. The van der Waals surface area contributed by atoms with Gasteiger partial charge in [0.25, 0.3) is 0 Å². The lowest BCUT2D eigenvalue weighted by Gasteiger charge is -2.30. The Labute approximate surface area is 167 Å². The van der Waals surface area contributed by atoms with Gasteiger partial charge in [0.15, 0.2) is 5.78 Å². The monoisotopic (exact) mass is 410 g/mol. The fourth-order valence-electron chi connectivity index (χ4n) is 2.88. The van der Waals surface area contributed by atoms with E-state index in [2.05, 4.69) is 14.7 Å². The Balaban J connectivity index is 2.60. The smallest absolute Gasteiger partial charge is 0.404 e. The number of primary amides is 1. The average molecular weight is 410 g/mol. The van der Waals surface area contributed by atoms with Crippen LogP contribution >= 0.6 is 0 Å². The van der Waals surface area contributed by atoms with Crippen molar-refractivity contribution in [3.63, 3.8) is 0 Å². The van der Waals surface area contributed by atoms with Gasteiger partial charge < -0.3 is 19.8 Å². The van der Waals surface area contributed by atoms with Crippen LogP contribution in [0.25, 0.3) is 11.3 Å². The first-order chi connectivity index (χ1) is 13.4. The summed E-state index contributed by atoms with van der Waals surface area (Å²) in [5.41, 5.74) is 5.18. The van der Waals surface area contributed by atoms with Gasteiger partial charge in [-0.15, -0.1) is 0 Å². The second-order valence-corrected chi connectivity index (χ2v) is 7.55. The van der Waals surface area contributed by atoms with E-state index in [-0.39, 0.29) is 35.2 Å². The van der Waals surface area contributed by atoms with Crippen LogP contribution in [0.3, 0.4) is 0 Å². The summed E-state index contributed by atoms with van der Waals surface area (Å²) in [5.74, 6) is -0.256. The molecule has 1 amide bonds. The van der Waals surface area contributed by atoms with Gasteiger partial charge in [0.2, 0.25) is 5.88 Å². The Bertz CT molecular complexity index is 906. The van der Waals surface area contributed by atoms with Gasteiger partial charge in [-0.3, -0.25) is 4.79 Å². The number of aromatic nitrogens is 3. The quantitative estimate of drug-likeness (QED) is 0.699. The molecule has 0 spiro atoms. The fourth-order valence-corrected chi connectivity index (χ4v) is 2.88. The fraction of sp³-hybridized carbons (Fsp3) is 0.474. The summed E-state index contributed by atoms with van der Waals surface area (Å²) in [6.07, 6.45) is -0.300. The molecule has 0 aliphatic rings. The van der Waals surface area contributed by atoms with Crippen molar-refractivity contribution < 1.29 is 27.8 Å². The van der Waals surface area contributed by atoms with E-state index in [1.807, 2.05) is 20.8 Å². The highest BCUT2D eigenvalue weighted by molar-refractivity contribution is 5.99. The Morgan fingerprint density at radius 1 is 1.31 bits per heavy atom. The van der Waals surface area contributed by atoms with Gasteiger partial charge >= 0.3 is 12.7 Å². The molecule has 2 aromatic rings. The van der Waals surface area contributed by atoms with Gasteiger partial charge in [-0.1, -0.05) is 20.8 Å². The Morgan fingerprint density at radius 3 is 2.48 bits per heavy atom. The van der Waals surface area contributed by atoms with E-state index in [4.69, 9.17) is 10.5 Å². The van der Waals surface area contributed by atoms with Crippen molar-refractivity contribution in [2.45, 2.75) is 53.9 Å². The number of amides is 1. The third-order valence-corrected chi connectivity index (χ3v) is 4.29. The van der Waals surface area contributed by atoms with Gasteiger partial charge in [0.05, 0.1) is 12.1 Å². The number of alkyl halides is 2. The molecule has 2 aromatic heterocycles. The van der Waals surface area contributed by atoms with Gasteiger partial charge in [0.1, 0.15) is 23.3 Å². The molecule has 158 valence electrons. The summed E-state index contributed by atoms with van der Waals surface area (Å²) < 4.78 is 36.8. The maximum atomic E-state index is 12.8. The zero-order chi connectivity index (χ0) is 21.9. The minimum Gasteiger partial charge on any atom is -0.444 e. The number of nitrogens with zero attached hydrogens (tertiary/aromatic N) is 3. The molecule has 0 aliphatic carbocycles. The molecule has 0 fully saturated rings. The number of carbonyl (C=O) groups is 2. The first kappa shape index (κ1) is 22.3. The molecule has 0 aliphatic heterocycles. The highest BCUT2D eigenvalue weighted by Gasteiger charge is 2.32. The van der Waals surface area contributed by atoms with E-state index in [9.17, 15) is 18.4 Å². The number of Topliss-reactive ketones (excluding diaryl/α,β-unsaturated/α-hetero) is 1. The van der Waals surface area contributed by atoms with Crippen LogP contribution in [-0.4, -0.2) is 39.1 Å². The number of nitrogens with two attached hydrogens (primary N) is 1. The molecular formula is C19H24F2N4O4. The Hall–Kier alpha value is -3.04. The van der Waals surface area contributed by atoms with Crippen LogP contribution in [0.4, 0.5) is 13.6 Å². The maximum Gasteiger partial charge on any atom is 0.404 e. The second kappa shape index (κ2) is 8.54. The van der Waals surface area contributed by atoms with Crippen molar-refractivity contribution in [1.82, 2.24) is 14.5 Å². The molecule has 29 heavy (non-hydrogen) atoms. The number of pyridine rings is 1. The number of hydrogen-bond acceptors (Lipinski definition) is 6. The van der Waals surface area contributed by atoms with Crippen molar-refractivity contribution in [3.05, 3.63) is 29.8 Å². The van der Waals surface area contributed by atoms with E-state index >= 15 is 0 Å². The highest BCUT2D eigenvalue weighted by atomic mass is 19.3. The maximum absolute atomic E-state index is 12.8. The number of halogens is 2. The second-order valence-electron chi connectivity index (χ2n) is 7.55. The summed E-state index contributed by atoms with van der Waals surface area (Å²) in [6.45, 7) is 5.59. The number of imidazole rings is 1. The minimum absolute atomic E-state index is 0.103. The third kappa shape index (κ3) is 5.27. The minimum atomic E-state index is -3.08. The zero-order valence-corrected chi connectivity index (χ0v) is 16.9. The number of ether oxygens (including phenoxy) is 2. The van der Waals surface area contributed by atoms with Crippen LogP contribution in [0.15, 0.2) is 18.3 Å². The van der Waals surface area contributed by atoms with Crippen molar-refractivity contribution in [2.75, 3.05) is 0 Å². The van der Waals surface area contributed by atoms with E-state index in [0.29, 0.717) is 5.82 Å². The van der Waals surface area contributed by atoms with Gasteiger partial charge in [-0.2, -0.15) is 8.78 Å². The molecule has 0 saturated carbocycles. The number of ketones is 1. The molecule has 8 nitrogen and oxygen atoms in total. The molecule has 2 heterocycles. The van der Waals surface area contributed by atoms with Crippen molar-refractivity contribution >= 4 is 11.9 Å². The number of hydrogen-bond donors (Lipinski definition) is 1. The molecule has 0 radical (unpaired) electrons. The van der Waals surface area contributed by atoms with E-state index in [0.717, 1.165) is 0 Å². The van der Waals surface area contributed by atoms with Gasteiger partial charge in [-0.05, 0) is 19.1 Å². The van der Waals surface area contributed by atoms with Crippen LogP contribution in [0, 0.1) is 12.3 Å². The lowest BCUT2D eigenvalue weighted by atomic mass is 9.88. The third-order valence-electron chi connectivity index (χ3n) is 4.29. The molecule has 2 rings (SSSR count). The molecule has 1 unspecified atom stereocenters. The van der Waals surface area contributed by atoms with Crippen molar-refractivity contribution in [2.24, 2.45) is 11.1 Å². The topological polar surface area (TPSA) is 109 Å². The standard InChI is InChI=1S/C19H24F2N4O4/c1-10(26)15-14(12-7-6-8-23-16(12)29-17(20)21)24-11(2)25(15)9-13(19(3,4)5)28-18(22)27/h6-8,13,17H,9H2,1-5H3,(H2,22,27). The highest BCUT2D eigenvalue weighted by Crippen LogP contribution is 2.33. The summed E-state index contributed by atoms with van der Waals surface area (Å²) >= 11 is 0. The average Bonchev–Trinajstić information content (AvgIpc) is 2.89. The summed E-state index contributed by atoms with van der Waals surface area (Å²) in [4.78, 5) is 32.0. The van der Waals surface area contributed by atoms with E-state index < -0.39 is 24.2 Å². The van der Waals surface area contributed by atoms with Crippen LogP contribution in [0.1, 0.15) is 44.0 Å². The molecule has 0 saturated heterocycles. The number of rotatable bonds is 7. The SMILES string of the molecule is CC(=O)c1c(-c2cccnc2OC(F)F)nc(C)n1CC(OC(N)=O)C(C)(C)C. The summed E-state index contributed by atoms with van der Waals surface area (Å²) in [5, 5.41) is 0. The predicted molar refractivity (Wildman–Crippen MR) is 101 cm³/mol. The van der Waals surface area contributed by atoms with Crippen molar-refractivity contribution in [1.29, 1.82) is 0 Å². The van der Waals surface area contributed by atoms with Gasteiger partial charge in [0, 0.05) is 18.5 Å². The van der Waals surface area contributed by atoms with E-state index in [1.165, 1.54) is 25.3 Å². The number of carbonyl (C=O) groups excluding carboxylic acids is 2. The zero-order valence-electron chi connectivity index (χ0n) is 16.9. The molecule has 10 heteroatoms. The van der Waals surface area contributed by atoms with Crippen LogP contribution in [0.2, 0.25) is 0 Å². The normalized spacial score (nSPS) is 12.7. The lowest BCUT2D eigenvalue weighted by Crippen LogP contribution is -2.38. The van der Waals surface area contributed by atoms with E-state index in [1.54, 1.807) is 11.5 Å². The Morgan fingerprint density at radius 2 is 1.97 bits per heavy atom. The molecule has 2 N–H and O–H groups in total. The van der Waals surface area contributed by atoms with Crippen LogP contribution in [-0.2, 0) is 11.3 Å².